The van der Waals surface area contributed by atoms with Gasteiger partial charge in [0, 0.05) is 30.6 Å². The Morgan fingerprint density at radius 1 is 1.50 bits per heavy atom. The molecule has 3 atom stereocenters. The molecule has 1 aromatic carbocycles. The molecule has 0 radical (unpaired) electrons. The second-order valence-electron chi connectivity index (χ2n) is 6.42. The molecule has 24 heavy (non-hydrogen) atoms. The van der Waals surface area contributed by atoms with Gasteiger partial charge in [-0.2, -0.15) is 0 Å². The number of carbonyl (C=O) groups is 2. The van der Waals surface area contributed by atoms with Crippen molar-refractivity contribution in [2.75, 3.05) is 26.3 Å². The number of carboxylic acids is 1. The molecule has 2 aliphatic rings. The van der Waals surface area contributed by atoms with Crippen molar-refractivity contribution < 1.29 is 24.2 Å². The van der Waals surface area contributed by atoms with Gasteiger partial charge in [0.1, 0.15) is 5.75 Å². The predicted octanol–water partition coefficient (Wildman–Crippen LogP) is 2.06. The summed E-state index contributed by atoms with van der Waals surface area (Å²) in [6.07, 6.45) is -0.282. The van der Waals surface area contributed by atoms with Crippen molar-refractivity contribution in [3.8, 4) is 5.75 Å². The van der Waals surface area contributed by atoms with Crippen molar-refractivity contribution in [2.45, 2.75) is 19.4 Å². The Morgan fingerprint density at radius 2 is 2.29 bits per heavy atom. The third kappa shape index (κ3) is 3.08. The Bertz CT molecular complexity index is 652. The lowest BCUT2D eigenvalue weighted by molar-refractivity contribution is -0.157. The molecule has 2 fully saturated rings. The van der Waals surface area contributed by atoms with E-state index in [9.17, 15) is 14.7 Å². The number of rotatable bonds is 4. The van der Waals surface area contributed by atoms with Crippen molar-refractivity contribution in [3.05, 3.63) is 29.3 Å². The molecule has 7 heteroatoms. The monoisotopic (exact) mass is 353 g/mol. The normalized spacial score (nSPS) is 27.4. The molecule has 130 valence electrons. The zero-order chi connectivity index (χ0) is 17.3. The largest absolute Gasteiger partial charge is 0.481 e. The zero-order valence-electron chi connectivity index (χ0n) is 13.4. The molecule has 2 saturated heterocycles. The second-order valence-corrected chi connectivity index (χ2v) is 6.86. The molecule has 0 aromatic heterocycles. The fourth-order valence-electron chi connectivity index (χ4n) is 3.52. The average Bonchev–Trinajstić information content (AvgIpc) is 2.95. The summed E-state index contributed by atoms with van der Waals surface area (Å²) in [5.41, 5.74) is -0.899. The summed E-state index contributed by atoms with van der Waals surface area (Å²) in [5, 5.41) is 10.2. The van der Waals surface area contributed by atoms with Gasteiger partial charge >= 0.3 is 5.97 Å². The molecule has 1 unspecified atom stereocenters. The first kappa shape index (κ1) is 17.0. The van der Waals surface area contributed by atoms with Crippen molar-refractivity contribution in [2.24, 2.45) is 11.3 Å². The molecule has 0 spiro atoms. The lowest BCUT2D eigenvalue weighted by Crippen LogP contribution is -2.45. The fourth-order valence-corrected chi connectivity index (χ4v) is 3.70. The van der Waals surface area contributed by atoms with Gasteiger partial charge in [0.2, 0.25) is 0 Å². The summed E-state index contributed by atoms with van der Waals surface area (Å²) in [4.78, 5) is 26.0. The molecule has 0 bridgehead atoms. The van der Waals surface area contributed by atoms with E-state index < -0.39 is 17.5 Å². The number of carboxylic acid groups (broad SMARTS) is 1. The zero-order valence-corrected chi connectivity index (χ0v) is 14.2. The quantitative estimate of drug-likeness (QED) is 0.896. The average molecular weight is 354 g/mol. The van der Waals surface area contributed by atoms with E-state index in [0.29, 0.717) is 37.0 Å². The number of likely N-dealkylation sites (tertiary alicyclic amines) is 1. The highest BCUT2D eigenvalue weighted by molar-refractivity contribution is 6.30. The van der Waals surface area contributed by atoms with Gasteiger partial charge < -0.3 is 19.5 Å². The molecular formula is C17H20ClNO5. The SMILES string of the molecule is CC(Oc1cccc(Cl)c1)C(=O)N1C[C@H]2COCC[C@@]2(C(=O)O)C1. The van der Waals surface area contributed by atoms with Crippen molar-refractivity contribution in [1.82, 2.24) is 4.90 Å². The molecule has 1 N–H and O–H groups in total. The van der Waals surface area contributed by atoms with E-state index in [-0.39, 0.29) is 18.4 Å². The van der Waals surface area contributed by atoms with Gasteiger partial charge in [0.05, 0.1) is 12.0 Å². The highest BCUT2D eigenvalue weighted by Crippen LogP contribution is 2.42. The third-order valence-corrected chi connectivity index (χ3v) is 5.14. The van der Waals surface area contributed by atoms with Gasteiger partial charge in [0.25, 0.3) is 5.91 Å². The van der Waals surface area contributed by atoms with E-state index in [1.54, 1.807) is 36.1 Å². The van der Waals surface area contributed by atoms with Crippen LogP contribution in [-0.2, 0) is 14.3 Å². The van der Waals surface area contributed by atoms with E-state index in [1.807, 2.05) is 0 Å². The van der Waals surface area contributed by atoms with E-state index in [0.717, 1.165) is 0 Å². The number of aliphatic carboxylic acids is 1. The van der Waals surface area contributed by atoms with Crippen LogP contribution in [0.1, 0.15) is 13.3 Å². The molecular weight excluding hydrogens is 334 g/mol. The van der Waals surface area contributed by atoms with Gasteiger partial charge in [-0.05, 0) is 31.5 Å². The Kier molecular flexibility index (Phi) is 4.69. The number of nitrogens with zero attached hydrogens (tertiary/aromatic N) is 1. The summed E-state index contributed by atoms with van der Waals surface area (Å²) in [6, 6.07) is 6.84. The summed E-state index contributed by atoms with van der Waals surface area (Å²) < 4.78 is 11.1. The first-order chi connectivity index (χ1) is 11.4. The van der Waals surface area contributed by atoms with Gasteiger partial charge in [-0.1, -0.05) is 17.7 Å². The number of amides is 1. The van der Waals surface area contributed by atoms with Crippen LogP contribution in [0.15, 0.2) is 24.3 Å². The van der Waals surface area contributed by atoms with E-state index in [2.05, 4.69) is 0 Å². The van der Waals surface area contributed by atoms with Gasteiger partial charge in [-0.15, -0.1) is 0 Å². The minimum Gasteiger partial charge on any atom is -0.481 e. The lowest BCUT2D eigenvalue weighted by Gasteiger charge is -2.33. The Balaban J connectivity index is 1.70. The number of ether oxygens (including phenoxy) is 2. The summed E-state index contributed by atoms with van der Waals surface area (Å²) in [7, 11) is 0. The Morgan fingerprint density at radius 3 is 2.96 bits per heavy atom. The molecule has 0 saturated carbocycles. The smallest absolute Gasteiger partial charge is 0.311 e. The van der Waals surface area contributed by atoms with Crippen LogP contribution in [-0.4, -0.2) is 54.3 Å². The van der Waals surface area contributed by atoms with Crippen LogP contribution in [0.2, 0.25) is 5.02 Å². The second kappa shape index (κ2) is 6.61. The van der Waals surface area contributed by atoms with Crippen LogP contribution in [0, 0.1) is 11.3 Å². The maximum Gasteiger partial charge on any atom is 0.311 e. The number of halogens is 1. The fraction of sp³-hybridized carbons (Fsp3) is 0.529. The molecule has 1 amide bonds. The number of benzene rings is 1. The lowest BCUT2D eigenvalue weighted by atomic mass is 9.74. The number of carbonyl (C=O) groups excluding carboxylic acids is 1. The third-order valence-electron chi connectivity index (χ3n) is 4.90. The van der Waals surface area contributed by atoms with Crippen LogP contribution < -0.4 is 4.74 Å². The van der Waals surface area contributed by atoms with Crippen molar-refractivity contribution >= 4 is 23.5 Å². The minimum absolute atomic E-state index is 0.175. The van der Waals surface area contributed by atoms with Gasteiger partial charge in [0.15, 0.2) is 6.10 Å². The standard InChI is InChI=1S/C17H20ClNO5/c1-11(24-14-4-2-3-13(18)7-14)15(20)19-8-12-9-23-6-5-17(12,10-19)16(21)22/h2-4,7,11-12H,5-6,8-10H2,1H3,(H,21,22)/t11?,12-,17+/m0/s1. The minimum atomic E-state index is -0.899. The molecule has 6 nitrogen and oxygen atoms in total. The Labute approximate surface area is 145 Å². The molecule has 0 aliphatic carbocycles. The summed E-state index contributed by atoms with van der Waals surface area (Å²) in [5.74, 6) is -0.734. The van der Waals surface area contributed by atoms with Crippen LogP contribution in [0.3, 0.4) is 0 Å². The molecule has 1 aromatic rings. The van der Waals surface area contributed by atoms with Crippen molar-refractivity contribution in [3.63, 3.8) is 0 Å². The van der Waals surface area contributed by atoms with Crippen LogP contribution in [0.5, 0.6) is 5.75 Å². The van der Waals surface area contributed by atoms with E-state index in [1.165, 1.54) is 0 Å². The topological polar surface area (TPSA) is 76.1 Å². The first-order valence-electron chi connectivity index (χ1n) is 7.94. The van der Waals surface area contributed by atoms with Crippen LogP contribution in [0.25, 0.3) is 0 Å². The molecule has 2 heterocycles. The summed E-state index contributed by atoms with van der Waals surface area (Å²) in [6.45, 7) is 3.04. The van der Waals surface area contributed by atoms with Crippen LogP contribution >= 0.6 is 11.6 Å². The number of hydrogen-bond acceptors (Lipinski definition) is 4. The van der Waals surface area contributed by atoms with E-state index >= 15 is 0 Å². The highest BCUT2D eigenvalue weighted by atomic mass is 35.5. The van der Waals surface area contributed by atoms with Gasteiger partial charge in [-0.25, -0.2) is 0 Å². The number of fused-ring (bicyclic) bond motifs is 1. The maximum atomic E-state index is 12.7. The first-order valence-corrected chi connectivity index (χ1v) is 8.32. The van der Waals surface area contributed by atoms with E-state index in [4.69, 9.17) is 21.1 Å². The van der Waals surface area contributed by atoms with Gasteiger partial charge in [-0.3, -0.25) is 9.59 Å². The Hall–Kier alpha value is -1.79. The number of hydrogen-bond donors (Lipinski definition) is 1. The maximum absolute atomic E-state index is 12.7. The molecule has 3 rings (SSSR count). The summed E-state index contributed by atoms with van der Waals surface area (Å²) >= 11 is 5.92. The van der Waals surface area contributed by atoms with Crippen LogP contribution in [0.4, 0.5) is 0 Å². The predicted molar refractivity (Wildman–Crippen MR) is 87.1 cm³/mol. The molecule has 2 aliphatic heterocycles. The highest BCUT2D eigenvalue weighted by Gasteiger charge is 2.55. The van der Waals surface area contributed by atoms with Crippen molar-refractivity contribution in [1.29, 1.82) is 0 Å².